The first-order valence-corrected chi connectivity index (χ1v) is 21.6. The molecule has 0 fully saturated rings. The molecule has 2 aliphatic heterocycles. The fraction of sp³-hybridized carbons (Fsp3) is 0.158. The van der Waals surface area contributed by atoms with Crippen molar-refractivity contribution in [2.24, 2.45) is 0 Å². The summed E-state index contributed by atoms with van der Waals surface area (Å²) in [5.41, 5.74) is 21.3. The molecule has 0 amide bonds. The van der Waals surface area contributed by atoms with Gasteiger partial charge in [-0.25, -0.2) is 0 Å². The van der Waals surface area contributed by atoms with E-state index in [0.717, 1.165) is 33.3 Å². The molecule has 9 aromatic rings. The summed E-state index contributed by atoms with van der Waals surface area (Å²) in [6, 6.07) is 63.3. The minimum atomic E-state index is -0.125. The van der Waals surface area contributed by atoms with Gasteiger partial charge in [0.1, 0.15) is 11.2 Å². The summed E-state index contributed by atoms with van der Waals surface area (Å²) in [6.45, 7) is 15.9. The first kappa shape index (κ1) is 37.2. The monoisotopic (exact) mass is 788 g/mol. The summed E-state index contributed by atoms with van der Waals surface area (Å²) in [5.74, 6) is 0. The molecule has 2 aliphatic rings. The minimum absolute atomic E-state index is 0.0287. The Morgan fingerprint density at radius 1 is 0.443 bits per heavy atom. The van der Waals surface area contributed by atoms with Crippen molar-refractivity contribution in [1.82, 2.24) is 0 Å². The number of para-hydroxylation sites is 1. The fourth-order valence-corrected chi connectivity index (χ4v) is 9.84. The van der Waals surface area contributed by atoms with E-state index in [2.05, 4.69) is 228 Å². The maximum absolute atomic E-state index is 6.73. The average molecular weight is 789 g/mol. The molecular formula is C57H49BN2O. The third-order valence-electron chi connectivity index (χ3n) is 13.0. The second-order valence-corrected chi connectivity index (χ2v) is 19.1. The van der Waals surface area contributed by atoms with Crippen LogP contribution in [0.25, 0.3) is 55.3 Å². The summed E-state index contributed by atoms with van der Waals surface area (Å²) in [4.78, 5) is 5.16. The molecule has 0 saturated heterocycles. The zero-order chi connectivity index (χ0) is 41.8. The summed E-state index contributed by atoms with van der Waals surface area (Å²) in [7, 11) is 0. The number of fused-ring (bicyclic) bond motifs is 7. The molecule has 61 heavy (non-hydrogen) atoms. The number of hydrogen-bond acceptors (Lipinski definition) is 3. The average Bonchev–Trinajstić information content (AvgIpc) is 3.63. The van der Waals surface area contributed by atoms with Crippen LogP contribution in [0.1, 0.15) is 58.2 Å². The molecule has 1 aromatic heterocycles. The fourth-order valence-electron chi connectivity index (χ4n) is 9.84. The molecule has 4 heteroatoms. The smallest absolute Gasteiger partial charge is 0.333 e. The Kier molecular flexibility index (Phi) is 8.32. The third kappa shape index (κ3) is 6.03. The zero-order valence-electron chi connectivity index (χ0n) is 36.0. The molecule has 0 bridgehead atoms. The van der Waals surface area contributed by atoms with Crippen molar-refractivity contribution in [2.45, 2.75) is 59.3 Å². The Hall–Kier alpha value is -6.78. The van der Waals surface area contributed by atoms with E-state index in [9.17, 15) is 0 Å². The van der Waals surface area contributed by atoms with Gasteiger partial charge in [-0.3, -0.25) is 0 Å². The lowest BCUT2D eigenvalue weighted by Gasteiger charge is -2.46. The van der Waals surface area contributed by atoms with Gasteiger partial charge < -0.3 is 14.1 Å². The van der Waals surface area contributed by atoms with Crippen LogP contribution < -0.4 is 20.6 Å². The number of furan rings is 1. The van der Waals surface area contributed by atoms with Crippen molar-refractivity contribution in [1.29, 1.82) is 0 Å². The van der Waals surface area contributed by atoms with Gasteiger partial charge >= 0.3 is 6.85 Å². The topological polar surface area (TPSA) is 19.6 Å². The van der Waals surface area contributed by atoms with E-state index in [0.29, 0.717) is 0 Å². The van der Waals surface area contributed by atoms with Gasteiger partial charge in [0, 0.05) is 50.7 Å². The second-order valence-electron chi connectivity index (χ2n) is 19.1. The van der Waals surface area contributed by atoms with E-state index in [-0.39, 0.29) is 17.7 Å². The van der Waals surface area contributed by atoms with Gasteiger partial charge in [0.2, 0.25) is 0 Å². The standard InChI is InChI=1S/C57H49BN2O/c1-36-30-47-45-32-39(37-16-10-8-11-17-37)22-28-50(45)60(42-26-23-40(24-27-42)56(2,3)4)58-48-34-46-43-20-14-15-21-53(43)61-54(46)35-51(48)59(52(31-36)55(47)58)49-29-25-41(57(5,6)7)33-44(49)38-18-12-9-13-19-38/h8-35H,1-7H3. The summed E-state index contributed by atoms with van der Waals surface area (Å²) in [6.07, 6.45) is 0. The predicted molar refractivity (Wildman–Crippen MR) is 260 cm³/mol. The van der Waals surface area contributed by atoms with Gasteiger partial charge in [-0.2, -0.15) is 0 Å². The first-order chi connectivity index (χ1) is 29.4. The van der Waals surface area contributed by atoms with Gasteiger partial charge in [0.25, 0.3) is 0 Å². The normalized spacial score (nSPS) is 13.4. The summed E-state index contributed by atoms with van der Waals surface area (Å²) in [5, 5.41) is 2.26. The molecule has 0 N–H and O–H groups in total. The number of rotatable bonds is 4. The Morgan fingerprint density at radius 2 is 1.10 bits per heavy atom. The molecule has 11 rings (SSSR count). The van der Waals surface area contributed by atoms with Gasteiger partial charge in [-0.05, 0) is 116 Å². The van der Waals surface area contributed by atoms with Crippen LogP contribution in [-0.4, -0.2) is 6.85 Å². The van der Waals surface area contributed by atoms with Crippen LogP contribution in [0.4, 0.5) is 28.4 Å². The SMILES string of the molecule is Cc1cc2c3c(c1)N(c1ccc(C(C)(C)C)cc1-c1ccccc1)c1cc4oc5ccccc5c4cc1B3N(c1ccc(C(C)(C)C)cc1)c1ccc(-c3ccccc3)cc1-2. The maximum atomic E-state index is 6.73. The Labute approximate surface area is 360 Å². The van der Waals surface area contributed by atoms with E-state index < -0.39 is 0 Å². The Balaban J connectivity index is 1.27. The first-order valence-electron chi connectivity index (χ1n) is 21.6. The lowest BCUT2D eigenvalue weighted by Crippen LogP contribution is -2.61. The Morgan fingerprint density at radius 3 is 1.82 bits per heavy atom. The molecular weight excluding hydrogens is 739 g/mol. The highest BCUT2D eigenvalue weighted by molar-refractivity contribution is 6.93. The second kappa shape index (κ2) is 13.6. The highest BCUT2D eigenvalue weighted by Crippen LogP contribution is 2.51. The minimum Gasteiger partial charge on any atom is -0.456 e. The van der Waals surface area contributed by atoms with E-state index in [4.69, 9.17) is 4.42 Å². The highest BCUT2D eigenvalue weighted by Gasteiger charge is 2.46. The van der Waals surface area contributed by atoms with Crippen LogP contribution in [0.15, 0.2) is 174 Å². The molecule has 0 atom stereocenters. The van der Waals surface area contributed by atoms with Crippen LogP contribution >= 0.6 is 0 Å². The molecule has 296 valence electrons. The van der Waals surface area contributed by atoms with Gasteiger partial charge in [-0.15, -0.1) is 0 Å². The van der Waals surface area contributed by atoms with Gasteiger partial charge in [0.15, 0.2) is 0 Å². The molecule has 0 aliphatic carbocycles. The van der Waals surface area contributed by atoms with E-state index in [1.54, 1.807) is 0 Å². The summed E-state index contributed by atoms with van der Waals surface area (Å²) >= 11 is 0. The van der Waals surface area contributed by atoms with Crippen molar-refractivity contribution < 1.29 is 4.42 Å². The number of benzene rings is 8. The molecule has 0 spiro atoms. The van der Waals surface area contributed by atoms with E-state index in [1.807, 2.05) is 0 Å². The number of anilines is 5. The lowest BCUT2D eigenvalue weighted by atomic mass is 9.43. The predicted octanol–water partition coefficient (Wildman–Crippen LogP) is 14.5. The molecule has 0 saturated carbocycles. The summed E-state index contributed by atoms with van der Waals surface area (Å²) < 4.78 is 6.73. The van der Waals surface area contributed by atoms with Crippen LogP contribution in [-0.2, 0) is 10.8 Å². The molecule has 8 aromatic carbocycles. The van der Waals surface area contributed by atoms with Crippen LogP contribution in [0, 0.1) is 6.92 Å². The van der Waals surface area contributed by atoms with Crippen molar-refractivity contribution in [2.75, 3.05) is 9.71 Å². The maximum Gasteiger partial charge on any atom is 0.333 e. The molecule has 0 unspecified atom stereocenters. The number of aryl methyl sites for hydroxylation is 1. The highest BCUT2D eigenvalue weighted by atomic mass is 16.3. The third-order valence-corrected chi connectivity index (χ3v) is 13.0. The van der Waals surface area contributed by atoms with Crippen molar-refractivity contribution >= 4 is 68.1 Å². The van der Waals surface area contributed by atoms with Crippen molar-refractivity contribution in [3.63, 3.8) is 0 Å². The largest absolute Gasteiger partial charge is 0.456 e. The van der Waals surface area contributed by atoms with E-state index in [1.165, 1.54) is 78.1 Å². The molecule has 3 heterocycles. The van der Waals surface area contributed by atoms with Gasteiger partial charge in [-0.1, -0.05) is 157 Å². The van der Waals surface area contributed by atoms with E-state index >= 15 is 0 Å². The van der Waals surface area contributed by atoms with Crippen molar-refractivity contribution in [3.8, 4) is 33.4 Å². The number of hydrogen-bond donors (Lipinski definition) is 0. The van der Waals surface area contributed by atoms with Crippen LogP contribution in [0.5, 0.6) is 0 Å². The number of nitrogens with zero attached hydrogens (tertiary/aromatic N) is 2. The quantitative estimate of drug-likeness (QED) is 0.166. The van der Waals surface area contributed by atoms with Crippen LogP contribution in [0.3, 0.4) is 0 Å². The Bertz CT molecular complexity index is 3170. The van der Waals surface area contributed by atoms with Crippen molar-refractivity contribution in [3.05, 3.63) is 187 Å². The van der Waals surface area contributed by atoms with Crippen LogP contribution in [0.2, 0.25) is 0 Å². The molecule has 0 radical (unpaired) electrons. The zero-order valence-corrected chi connectivity index (χ0v) is 36.0. The lowest BCUT2D eigenvalue weighted by molar-refractivity contribution is 0.590. The molecule has 3 nitrogen and oxygen atoms in total. The van der Waals surface area contributed by atoms with Gasteiger partial charge in [0.05, 0.1) is 5.69 Å².